The Kier molecular flexibility index (Phi) is 5.23. The number of carbonyl (C=O) groups excluding carboxylic acids is 2. The number of H-pyrrole nitrogens is 1. The lowest BCUT2D eigenvalue weighted by Gasteiger charge is -2.17. The monoisotopic (exact) mass is 377 g/mol. The number of para-hydroxylation sites is 1. The first kappa shape index (κ1) is 18.4. The van der Waals surface area contributed by atoms with Crippen LogP contribution in [0.4, 0.5) is 0 Å². The predicted octanol–water partition coefficient (Wildman–Crippen LogP) is 1.64. The number of carbonyl (C=O) groups is 2. The van der Waals surface area contributed by atoms with Gasteiger partial charge in [-0.2, -0.15) is 0 Å². The Morgan fingerprint density at radius 2 is 1.89 bits per heavy atom. The highest BCUT2D eigenvalue weighted by atomic mass is 16.3. The summed E-state index contributed by atoms with van der Waals surface area (Å²) in [6.45, 7) is 0.565. The summed E-state index contributed by atoms with van der Waals surface area (Å²) >= 11 is 0. The Labute approximate surface area is 163 Å². The summed E-state index contributed by atoms with van der Waals surface area (Å²) in [7, 11) is 0. The van der Waals surface area contributed by atoms with Crippen molar-refractivity contribution in [3.8, 4) is 11.3 Å². The first-order chi connectivity index (χ1) is 13.7. The number of nitrogens with one attached hydrogen (secondary N) is 3. The van der Waals surface area contributed by atoms with E-state index < -0.39 is 12.1 Å². The van der Waals surface area contributed by atoms with E-state index in [4.69, 9.17) is 0 Å². The summed E-state index contributed by atoms with van der Waals surface area (Å²) in [5.41, 5.74) is 4.18. The van der Waals surface area contributed by atoms with Gasteiger partial charge >= 0.3 is 0 Å². The maximum atomic E-state index is 11.8. The maximum absolute atomic E-state index is 11.8. The molecule has 0 radical (unpaired) electrons. The van der Waals surface area contributed by atoms with Gasteiger partial charge in [-0.1, -0.05) is 48.5 Å². The van der Waals surface area contributed by atoms with Crippen molar-refractivity contribution in [1.82, 2.24) is 15.6 Å². The first-order valence-corrected chi connectivity index (χ1v) is 9.47. The third kappa shape index (κ3) is 3.56. The number of benzene rings is 2. The Morgan fingerprint density at radius 3 is 2.61 bits per heavy atom. The number of hydrogen-bond acceptors (Lipinski definition) is 4. The smallest absolute Gasteiger partial charge is 0.239 e. The van der Waals surface area contributed by atoms with Crippen LogP contribution in [0.25, 0.3) is 22.2 Å². The minimum absolute atomic E-state index is 0.228. The predicted molar refractivity (Wildman–Crippen MR) is 108 cm³/mol. The van der Waals surface area contributed by atoms with Crippen molar-refractivity contribution in [3.63, 3.8) is 0 Å². The van der Waals surface area contributed by atoms with Crippen LogP contribution in [0.3, 0.4) is 0 Å². The van der Waals surface area contributed by atoms with Crippen molar-refractivity contribution < 1.29 is 14.7 Å². The quantitative estimate of drug-likeness (QED) is 0.471. The fourth-order valence-electron chi connectivity index (χ4n) is 3.81. The molecule has 6 nitrogen and oxygen atoms in total. The SMILES string of the molecule is O=CC(CN[C@@H]1C(=O)NC[C@H]1O)Cc1c(-c2ccccc2)[nH]c2ccccc12. The summed E-state index contributed by atoms with van der Waals surface area (Å²) in [6, 6.07) is 17.4. The average Bonchev–Trinajstić information content (AvgIpc) is 3.26. The van der Waals surface area contributed by atoms with E-state index in [1.54, 1.807) is 0 Å². The number of aromatic nitrogens is 1. The van der Waals surface area contributed by atoms with Crippen molar-refractivity contribution in [1.29, 1.82) is 0 Å². The average molecular weight is 377 g/mol. The Balaban J connectivity index is 1.60. The van der Waals surface area contributed by atoms with Gasteiger partial charge in [0.25, 0.3) is 0 Å². The fraction of sp³-hybridized carbons (Fsp3) is 0.273. The molecule has 0 aliphatic carbocycles. The Bertz CT molecular complexity index is 983. The molecule has 2 aromatic carbocycles. The summed E-state index contributed by atoms with van der Waals surface area (Å²) < 4.78 is 0. The maximum Gasteiger partial charge on any atom is 0.239 e. The highest BCUT2D eigenvalue weighted by Crippen LogP contribution is 2.31. The van der Waals surface area contributed by atoms with Crippen LogP contribution in [0, 0.1) is 5.92 Å². The molecule has 0 spiro atoms. The molecule has 4 N–H and O–H groups in total. The van der Waals surface area contributed by atoms with Crippen molar-refractivity contribution in [2.24, 2.45) is 5.92 Å². The zero-order valence-corrected chi connectivity index (χ0v) is 15.4. The van der Waals surface area contributed by atoms with E-state index in [1.165, 1.54) is 0 Å². The van der Waals surface area contributed by atoms with Crippen LogP contribution < -0.4 is 10.6 Å². The second-order valence-electron chi connectivity index (χ2n) is 7.19. The lowest BCUT2D eigenvalue weighted by molar-refractivity contribution is -0.122. The number of rotatable bonds is 7. The standard InChI is InChI=1S/C22H23N3O3/c26-13-14(11-23-21-19(27)12-24-22(21)28)10-17-16-8-4-5-9-18(16)25-20(17)15-6-2-1-3-7-15/h1-9,13-14,19,21,23,25,27H,10-12H2,(H,24,28)/t14?,19-,21+/m1/s1. The zero-order valence-electron chi connectivity index (χ0n) is 15.4. The van der Waals surface area contributed by atoms with Gasteiger partial charge in [-0.15, -0.1) is 0 Å². The van der Waals surface area contributed by atoms with Crippen molar-refractivity contribution in [2.75, 3.05) is 13.1 Å². The molecular weight excluding hydrogens is 354 g/mol. The van der Waals surface area contributed by atoms with E-state index >= 15 is 0 Å². The van der Waals surface area contributed by atoms with Gasteiger partial charge in [0.1, 0.15) is 12.3 Å². The summed E-state index contributed by atoms with van der Waals surface area (Å²) in [4.78, 5) is 27.0. The molecule has 2 heterocycles. The third-order valence-electron chi connectivity index (χ3n) is 5.29. The van der Waals surface area contributed by atoms with Gasteiger partial charge in [0.15, 0.2) is 0 Å². The summed E-state index contributed by atoms with van der Waals surface area (Å²) in [6.07, 6.45) is 0.686. The zero-order chi connectivity index (χ0) is 19.5. The summed E-state index contributed by atoms with van der Waals surface area (Å²) in [5, 5.41) is 16.7. The lowest BCUT2D eigenvalue weighted by atomic mass is 9.95. The number of fused-ring (bicyclic) bond motifs is 1. The highest BCUT2D eigenvalue weighted by molar-refractivity contribution is 5.91. The van der Waals surface area contributed by atoms with Crippen LogP contribution in [-0.2, 0) is 16.0 Å². The topological polar surface area (TPSA) is 94.2 Å². The van der Waals surface area contributed by atoms with Crippen LogP contribution in [0.5, 0.6) is 0 Å². The number of hydrogen-bond donors (Lipinski definition) is 4. The Morgan fingerprint density at radius 1 is 1.14 bits per heavy atom. The van der Waals surface area contributed by atoms with Crippen LogP contribution >= 0.6 is 0 Å². The molecule has 1 aliphatic heterocycles. The highest BCUT2D eigenvalue weighted by Gasteiger charge is 2.33. The van der Waals surface area contributed by atoms with Gasteiger partial charge in [-0.05, 0) is 23.6 Å². The van der Waals surface area contributed by atoms with Crippen LogP contribution in [0.1, 0.15) is 5.56 Å². The number of β-amino-alcohol motifs (C(OH)–C–C–N with tert-alkyl or cyclic N) is 1. The van der Waals surface area contributed by atoms with Gasteiger partial charge in [0, 0.05) is 35.6 Å². The number of aliphatic hydroxyl groups excluding tert-OH is 1. The molecule has 1 aromatic heterocycles. The van der Waals surface area contributed by atoms with E-state index in [9.17, 15) is 14.7 Å². The minimum Gasteiger partial charge on any atom is -0.389 e. The van der Waals surface area contributed by atoms with E-state index in [0.29, 0.717) is 13.0 Å². The number of amides is 1. The molecule has 0 saturated carbocycles. The van der Waals surface area contributed by atoms with Gasteiger partial charge in [0.2, 0.25) is 5.91 Å². The van der Waals surface area contributed by atoms with E-state index in [1.807, 2.05) is 48.5 Å². The second-order valence-corrected chi connectivity index (χ2v) is 7.19. The van der Waals surface area contributed by atoms with Crippen molar-refractivity contribution in [2.45, 2.75) is 18.6 Å². The number of aliphatic hydroxyl groups is 1. The molecular formula is C22H23N3O3. The molecule has 144 valence electrons. The van der Waals surface area contributed by atoms with Gasteiger partial charge < -0.3 is 25.5 Å². The molecule has 0 bridgehead atoms. The van der Waals surface area contributed by atoms with E-state index in [-0.39, 0.29) is 18.4 Å². The normalized spacial score (nSPS) is 20.2. The molecule has 3 aromatic rings. The van der Waals surface area contributed by atoms with E-state index in [0.717, 1.165) is 34.0 Å². The van der Waals surface area contributed by atoms with Crippen LogP contribution in [-0.4, -0.2) is 47.5 Å². The molecule has 4 rings (SSSR count). The molecule has 1 fully saturated rings. The minimum atomic E-state index is -0.771. The summed E-state index contributed by atoms with van der Waals surface area (Å²) in [5.74, 6) is -0.545. The molecule has 1 aliphatic rings. The van der Waals surface area contributed by atoms with Crippen molar-refractivity contribution >= 4 is 23.1 Å². The van der Waals surface area contributed by atoms with Gasteiger partial charge in [-0.3, -0.25) is 4.79 Å². The van der Waals surface area contributed by atoms with E-state index in [2.05, 4.69) is 21.7 Å². The van der Waals surface area contributed by atoms with Gasteiger partial charge in [0.05, 0.1) is 6.10 Å². The van der Waals surface area contributed by atoms with Crippen LogP contribution in [0.2, 0.25) is 0 Å². The lowest BCUT2D eigenvalue weighted by Crippen LogP contribution is -2.44. The second kappa shape index (κ2) is 7.96. The molecule has 3 atom stereocenters. The Hall–Kier alpha value is -2.96. The molecule has 6 heteroatoms. The van der Waals surface area contributed by atoms with Crippen molar-refractivity contribution in [3.05, 3.63) is 60.2 Å². The molecule has 1 unspecified atom stereocenters. The number of aromatic amines is 1. The largest absolute Gasteiger partial charge is 0.389 e. The van der Waals surface area contributed by atoms with Gasteiger partial charge in [-0.25, -0.2) is 0 Å². The molecule has 1 amide bonds. The fourth-order valence-corrected chi connectivity index (χ4v) is 3.81. The molecule has 1 saturated heterocycles. The molecule has 28 heavy (non-hydrogen) atoms. The third-order valence-corrected chi connectivity index (χ3v) is 5.29. The number of aldehydes is 1. The first-order valence-electron chi connectivity index (χ1n) is 9.47. The van der Waals surface area contributed by atoms with Crippen LogP contribution in [0.15, 0.2) is 54.6 Å².